The first-order valence-electron chi connectivity index (χ1n) is 7.72. The molecule has 0 N–H and O–H groups in total. The monoisotopic (exact) mass is 291 g/mol. The number of fused-ring (bicyclic) bond motifs is 1. The van der Waals surface area contributed by atoms with Crippen LogP contribution in [0.1, 0.15) is 48.8 Å². The van der Waals surface area contributed by atoms with Crippen LogP contribution in [0.3, 0.4) is 0 Å². The van der Waals surface area contributed by atoms with Crippen molar-refractivity contribution < 1.29 is 0 Å². The van der Waals surface area contributed by atoms with E-state index in [-0.39, 0.29) is 12.4 Å². The maximum absolute atomic E-state index is 2.48. The number of hydrogen-bond donors (Lipinski definition) is 0. The van der Waals surface area contributed by atoms with Crippen LogP contribution in [0.15, 0.2) is 24.3 Å². The van der Waals surface area contributed by atoms with E-state index in [1.54, 1.807) is 22.3 Å². The van der Waals surface area contributed by atoms with Crippen molar-refractivity contribution >= 4 is 18.0 Å². The largest absolute Gasteiger partial charge is 0.306 e. The zero-order chi connectivity index (χ0) is 13.2. The third-order valence-corrected chi connectivity index (χ3v) is 4.83. The molecule has 1 atom stereocenters. The van der Waals surface area contributed by atoms with E-state index in [0.29, 0.717) is 0 Å². The van der Waals surface area contributed by atoms with E-state index in [4.69, 9.17) is 0 Å². The lowest BCUT2D eigenvalue weighted by Crippen LogP contribution is -2.34. The number of benzene rings is 1. The van der Waals surface area contributed by atoms with E-state index in [2.05, 4.69) is 43.3 Å². The van der Waals surface area contributed by atoms with Crippen molar-refractivity contribution in [2.45, 2.75) is 51.0 Å². The fraction of sp³-hybridized carbons (Fsp3) is 0.556. The molecule has 0 aromatic heterocycles. The van der Waals surface area contributed by atoms with Gasteiger partial charge in [0.05, 0.1) is 0 Å². The van der Waals surface area contributed by atoms with Crippen molar-refractivity contribution in [1.82, 2.24) is 4.90 Å². The number of halogens is 1. The molecule has 0 amide bonds. The number of rotatable bonds is 2. The average Bonchev–Trinajstić information content (AvgIpc) is 2.47. The smallest absolute Gasteiger partial charge is 0.0133 e. The minimum Gasteiger partial charge on any atom is -0.306 e. The summed E-state index contributed by atoms with van der Waals surface area (Å²) < 4.78 is 0. The molecule has 20 heavy (non-hydrogen) atoms. The molecule has 0 spiro atoms. The molecular formula is C18H26ClN. The lowest BCUT2D eigenvalue weighted by Gasteiger charge is -2.32. The van der Waals surface area contributed by atoms with Crippen LogP contribution in [-0.2, 0) is 12.8 Å². The van der Waals surface area contributed by atoms with Crippen LogP contribution < -0.4 is 0 Å². The molecule has 0 saturated heterocycles. The summed E-state index contributed by atoms with van der Waals surface area (Å²) in [4.78, 5) is 2.40. The standard InChI is InChI=1S/C18H25N.ClH/c1-19(2)16-12-11-15-9-6-10-17(18(15)13-16)14-7-4-3-5-8-14;/h6-7,9-10,16H,3-5,8,11-13H2,1-2H3;1H/t16-;/m1./s1. The summed E-state index contributed by atoms with van der Waals surface area (Å²) in [5.41, 5.74) is 6.41. The minimum atomic E-state index is 0. The van der Waals surface area contributed by atoms with Crippen LogP contribution in [0.2, 0.25) is 0 Å². The SMILES string of the molecule is CN(C)[C@@H]1CCc2cccc(C3=CCCCC3)c2C1.Cl. The number of aryl methyl sites for hydroxylation is 1. The first kappa shape index (κ1) is 15.6. The van der Waals surface area contributed by atoms with E-state index in [1.807, 2.05) is 0 Å². The molecule has 0 radical (unpaired) electrons. The second-order valence-corrected chi connectivity index (χ2v) is 6.28. The topological polar surface area (TPSA) is 3.24 Å². The number of allylic oxidation sites excluding steroid dienone is 2. The van der Waals surface area contributed by atoms with Crippen molar-refractivity contribution in [3.05, 3.63) is 41.0 Å². The Morgan fingerprint density at radius 1 is 1.10 bits per heavy atom. The zero-order valence-electron chi connectivity index (χ0n) is 12.7. The highest BCUT2D eigenvalue weighted by Crippen LogP contribution is 2.34. The summed E-state index contributed by atoms with van der Waals surface area (Å²) in [6.45, 7) is 0. The van der Waals surface area contributed by atoms with Gasteiger partial charge in [-0.05, 0) is 81.3 Å². The summed E-state index contributed by atoms with van der Waals surface area (Å²) >= 11 is 0. The zero-order valence-corrected chi connectivity index (χ0v) is 13.5. The highest BCUT2D eigenvalue weighted by molar-refractivity contribution is 5.85. The first-order chi connectivity index (χ1) is 9.25. The van der Waals surface area contributed by atoms with E-state index in [9.17, 15) is 0 Å². The fourth-order valence-electron chi connectivity index (χ4n) is 3.59. The van der Waals surface area contributed by atoms with Crippen LogP contribution >= 0.6 is 12.4 Å². The maximum Gasteiger partial charge on any atom is 0.0133 e. The molecule has 0 bridgehead atoms. The van der Waals surface area contributed by atoms with Crippen molar-refractivity contribution in [3.8, 4) is 0 Å². The van der Waals surface area contributed by atoms with E-state index < -0.39 is 0 Å². The quantitative estimate of drug-likeness (QED) is 0.776. The van der Waals surface area contributed by atoms with Crippen molar-refractivity contribution in [2.24, 2.45) is 0 Å². The van der Waals surface area contributed by atoms with Crippen molar-refractivity contribution in [3.63, 3.8) is 0 Å². The molecule has 2 heteroatoms. The maximum atomic E-state index is 2.48. The average molecular weight is 292 g/mol. The number of hydrogen-bond acceptors (Lipinski definition) is 1. The van der Waals surface area contributed by atoms with Crippen LogP contribution in [-0.4, -0.2) is 25.0 Å². The molecule has 1 nitrogen and oxygen atoms in total. The normalized spacial score (nSPS) is 21.9. The van der Waals surface area contributed by atoms with Gasteiger partial charge in [-0.3, -0.25) is 0 Å². The molecular weight excluding hydrogens is 266 g/mol. The van der Waals surface area contributed by atoms with Gasteiger partial charge in [-0.25, -0.2) is 0 Å². The molecule has 0 fully saturated rings. The summed E-state index contributed by atoms with van der Waals surface area (Å²) in [5.74, 6) is 0. The van der Waals surface area contributed by atoms with Gasteiger partial charge in [0.1, 0.15) is 0 Å². The Kier molecular flexibility index (Phi) is 5.29. The first-order valence-corrected chi connectivity index (χ1v) is 7.72. The Morgan fingerprint density at radius 3 is 2.65 bits per heavy atom. The number of likely N-dealkylation sites (N-methyl/N-ethyl adjacent to an activating group) is 1. The molecule has 3 rings (SSSR count). The molecule has 0 unspecified atom stereocenters. The predicted octanol–water partition coefficient (Wildman–Crippen LogP) is 4.48. The molecule has 2 aliphatic carbocycles. The molecule has 110 valence electrons. The molecule has 0 heterocycles. The van der Waals surface area contributed by atoms with Crippen LogP contribution in [0.25, 0.3) is 5.57 Å². The van der Waals surface area contributed by atoms with Gasteiger partial charge in [0, 0.05) is 6.04 Å². The molecule has 2 aliphatic rings. The van der Waals surface area contributed by atoms with Crippen molar-refractivity contribution in [1.29, 1.82) is 0 Å². The lowest BCUT2D eigenvalue weighted by atomic mass is 9.81. The van der Waals surface area contributed by atoms with Gasteiger partial charge >= 0.3 is 0 Å². The fourth-order valence-corrected chi connectivity index (χ4v) is 3.59. The van der Waals surface area contributed by atoms with Gasteiger partial charge in [0.2, 0.25) is 0 Å². The molecule has 0 saturated carbocycles. The van der Waals surface area contributed by atoms with Gasteiger partial charge in [0.25, 0.3) is 0 Å². The summed E-state index contributed by atoms with van der Waals surface area (Å²) in [5, 5.41) is 0. The Labute approximate surface area is 129 Å². The van der Waals surface area contributed by atoms with Gasteiger partial charge in [0.15, 0.2) is 0 Å². The second-order valence-electron chi connectivity index (χ2n) is 6.28. The Balaban J connectivity index is 0.00000147. The van der Waals surface area contributed by atoms with E-state index >= 15 is 0 Å². The van der Waals surface area contributed by atoms with Crippen LogP contribution in [0.4, 0.5) is 0 Å². The van der Waals surface area contributed by atoms with E-state index in [0.717, 1.165) is 6.04 Å². The molecule has 1 aromatic carbocycles. The van der Waals surface area contributed by atoms with Gasteiger partial charge in [-0.1, -0.05) is 24.3 Å². The number of nitrogens with zero attached hydrogens (tertiary/aromatic N) is 1. The third kappa shape index (κ3) is 3.10. The summed E-state index contributed by atoms with van der Waals surface area (Å²) in [6.07, 6.45) is 11.6. The predicted molar refractivity (Wildman–Crippen MR) is 89.6 cm³/mol. The van der Waals surface area contributed by atoms with Crippen LogP contribution in [0, 0.1) is 0 Å². The van der Waals surface area contributed by atoms with Gasteiger partial charge in [-0.2, -0.15) is 0 Å². The third-order valence-electron chi connectivity index (χ3n) is 4.83. The minimum absolute atomic E-state index is 0. The summed E-state index contributed by atoms with van der Waals surface area (Å²) in [7, 11) is 4.44. The highest BCUT2D eigenvalue weighted by Gasteiger charge is 2.23. The van der Waals surface area contributed by atoms with Gasteiger partial charge < -0.3 is 4.90 Å². The highest BCUT2D eigenvalue weighted by atomic mass is 35.5. The summed E-state index contributed by atoms with van der Waals surface area (Å²) in [6, 6.07) is 7.68. The lowest BCUT2D eigenvalue weighted by molar-refractivity contribution is 0.268. The second kappa shape index (κ2) is 6.78. The van der Waals surface area contributed by atoms with Crippen LogP contribution in [0.5, 0.6) is 0 Å². The Bertz CT molecular complexity index is 490. The molecule has 0 aliphatic heterocycles. The molecule has 1 aromatic rings. The Morgan fingerprint density at radius 2 is 1.95 bits per heavy atom. The van der Waals surface area contributed by atoms with E-state index in [1.165, 1.54) is 44.9 Å². The Hall–Kier alpha value is -0.790. The van der Waals surface area contributed by atoms with Crippen molar-refractivity contribution in [2.75, 3.05) is 14.1 Å². The van der Waals surface area contributed by atoms with Gasteiger partial charge in [-0.15, -0.1) is 12.4 Å².